The Morgan fingerprint density at radius 3 is 2.79 bits per heavy atom. The van der Waals surface area contributed by atoms with Crippen LogP contribution in [0.4, 0.5) is 0 Å². The molecule has 1 unspecified atom stereocenters. The molecule has 1 saturated heterocycles. The minimum absolute atomic E-state index is 0.599. The summed E-state index contributed by atoms with van der Waals surface area (Å²) in [5.41, 5.74) is 7.01. The zero-order chi connectivity index (χ0) is 9.97. The first-order valence-electron chi connectivity index (χ1n) is 4.99. The molecule has 0 saturated carbocycles. The Bertz CT molecular complexity index is 312. The van der Waals surface area contributed by atoms with Crippen molar-refractivity contribution in [1.82, 2.24) is 4.90 Å². The maximum absolute atomic E-state index is 5.66. The monoisotopic (exact) mass is 254 g/mol. The zero-order valence-electron chi connectivity index (χ0n) is 8.12. The van der Waals surface area contributed by atoms with Gasteiger partial charge in [0.1, 0.15) is 0 Å². The van der Waals surface area contributed by atoms with E-state index in [1.54, 1.807) is 0 Å². The van der Waals surface area contributed by atoms with Crippen molar-refractivity contribution < 1.29 is 0 Å². The Hall–Kier alpha value is -0.380. The highest BCUT2D eigenvalue weighted by Gasteiger charge is 2.26. The van der Waals surface area contributed by atoms with Crippen molar-refractivity contribution in [3.63, 3.8) is 0 Å². The van der Waals surface area contributed by atoms with Crippen molar-refractivity contribution in [3.05, 3.63) is 34.3 Å². The quantitative estimate of drug-likeness (QED) is 0.894. The lowest BCUT2D eigenvalue weighted by Crippen LogP contribution is -2.50. The van der Waals surface area contributed by atoms with Crippen LogP contribution in [-0.2, 0) is 6.54 Å². The average molecular weight is 255 g/mol. The first kappa shape index (κ1) is 10.1. The number of likely N-dealkylation sites (tertiary alicyclic amines) is 1. The molecule has 0 radical (unpaired) electrons. The van der Waals surface area contributed by atoms with Gasteiger partial charge in [0.2, 0.25) is 0 Å². The summed E-state index contributed by atoms with van der Waals surface area (Å²) < 4.78 is 1.20. The minimum atomic E-state index is 0.599. The molecule has 0 amide bonds. The molecule has 1 atom stereocenters. The molecule has 0 aliphatic carbocycles. The molecule has 2 nitrogen and oxygen atoms in total. The maximum atomic E-state index is 5.66. The van der Waals surface area contributed by atoms with Gasteiger partial charge in [-0.2, -0.15) is 0 Å². The highest BCUT2D eigenvalue weighted by Crippen LogP contribution is 2.23. The number of nitrogens with zero attached hydrogens (tertiary/aromatic N) is 1. The standard InChI is InChI=1S/C11H15BrN2/c12-11-4-2-1-3-9(11)8-14-6-5-10(14)7-13/h1-4,10H,5-8,13H2. The average Bonchev–Trinajstić information content (AvgIpc) is 2.15. The van der Waals surface area contributed by atoms with Crippen molar-refractivity contribution in [3.8, 4) is 0 Å². The fourth-order valence-electron chi connectivity index (χ4n) is 1.81. The third kappa shape index (κ3) is 2.00. The van der Waals surface area contributed by atoms with Gasteiger partial charge in [0, 0.05) is 30.1 Å². The molecule has 3 heteroatoms. The molecule has 1 aliphatic rings. The smallest absolute Gasteiger partial charge is 0.0248 e. The van der Waals surface area contributed by atoms with Gasteiger partial charge in [-0.25, -0.2) is 0 Å². The number of hydrogen-bond donors (Lipinski definition) is 1. The molecule has 1 heterocycles. The van der Waals surface area contributed by atoms with Crippen LogP contribution >= 0.6 is 15.9 Å². The van der Waals surface area contributed by atoms with Gasteiger partial charge in [0.15, 0.2) is 0 Å². The molecule has 0 aromatic heterocycles. The Labute approximate surface area is 93.2 Å². The van der Waals surface area contributed by atoms with Crippen LogP contribution in [0.2, 0.25) is 0 Å². The highest BCUT2D eigenvalue weighted by atomic mass is 79.9. The molecule has 1 aliphatic heterocycles. The fraction of sp³-hybridized carbons (Fsp3) is 0.455. The molecule has 76 valence electrons. The number of halogens is 1. The van der Waals surface area contributed by atoms with Gasteiger partial charge in [-0.1, -0.05) is 34.1 Å². The van der Waals surface area contributed by atoms with E-state index in [9.17, 15) is 0 Å². The van der Waals surface area contributed by atoms with Gasteiger partial charge >= 0.3 is 0 Å². The Kier molecular flexibility index (Phi) is 3.21. The summed E-state index contributed by atoms with van der Waals surface area (Å²) in [6, 6.07) is 8.98. The second-order valence-corrected chi connectivity index (χ2v) is 4.59. The summed E-state index contributed by atoms with van der Waals surface area (Å²) in [5, 5.41) is 0. The van der Waals surface area contributed by atoms with Crippen LogP contribution in [0.1, 0.15) is 12.0 Å². The molecular weight excluding hydrogens is 240 g/mol. The van der Waals surface area contributed by atoms with E-state index in [4.69, 9.17) is 5.73 Å². The van der Waals surface area contributed by atoms with Crippen molar-refractivity contribution in [2.45, 2.75) is 19.0 Å². The van der Waals surface area contributed by atoms with Gasteiger partial charge in [-0.15, -0.1) is 0 Å². The number of nitrogens with two attached hydrogens (primary N) is 1. The lowest BCUT2D eigenvalue weighted by atomic mass is 10.0. The van der Waals surface area contributed by atoms with E-state index in [-0.39, 0.29) is 0 Å². The summed E-state index contributed by atoms with van der Waals surface area (Å²) in [6.45, 7) is 2.98. The third-order valence-electron chi connectivity index (χ3n) is 2.87. The van der Waals surface area contributed by atoms with E-state index >= 15 is 0 Å². The third-order valence-corrected chi connectivity index (χ3v) is 3.64. The lowest BCUT2D eigenvalue weighted by molar-refractivity contribution is 0.0880. The molecule has 1 fully saturated rings. The molecule has 0 spiro atoms. The van der Waals surface area contributed by atoms with Crippen LogP contribution in [0.3, 0.4) is 0 Å². The highest BCUT2D eigenvalue weighted by molar-refractivity contribution is 9.10. The van der Waals surface area contributed by atoms with Gasteiger partial charge in [0.05, 0.1) is 0 Å². The lowest BCUT2D eigenvalue weighted by Gasteiger charge is -2.40. The van der Waals surface area contributed by atoms with Crippen molar-refractivity contribution in [2.75, 3.05) is 13.1 Å². The molecule has 2 rings (SSSR count). The summed E-state index contributed by atoms with van der Waals surface area (Å²) in [7, 11) is 0. The van der Waals surface area contributed by atoms with E-state index in [0.29, 0.717) is 6.04 Å². The SMILES string of the molecule is NCC1CCN1Cc1ccccc1Br. The molecule has 14 heavy (non-hydrogen) atoms. The predicted octanol–water partition coefficient (Wildman–Crippen LogP) is 1.98. The van der Waals surface area contributed by atoms with Crippen LogP contribution in [0.25, 0.3) is 0 Å². The Morgan fingerprint density at radius 2 is 2.21 bits per heavy atom. The number of hydrogen-bond acceptors (Lipinski definition) is 2. The van der Waals surface area contributed by atoms with E-state index in [2.05, 4.69) is 39.0 Å². The Balaban J connectivity index is 2.01. The van der Waals surface area contributed by atoms with Gasteiger partial charge < -0.3 is 5.73 Å². The summed E-state index contributed by atoms with van der Waals surface area (Å²) in [4.78, 5) is 2.43. The second kappa shape index (κ2) is 4.43. The van der Waals surface area contributed by atoms with E-state index in [0.717, 1.165) is 13.1 Å². The van der Waals surface area contributed by atoms with Gasteiger partial charge in [-0.05, 0) is 18.1 Å². The minimum Gasteiger partial charge on any atom is -0.329 e. The van der Waals surface area contributed by atoms with Crippen LogP contribution in [0.5, 0.6) is 0 Å². The molecule has 1 aromatic rings. The molecular formula is C11H15BrN2. The number of rotatable bonds is 3. The van der Waals surface area contributed by atoms with E-state index in [1.807, 2.05) is 6.07 Å². The van der Waals surface area contributed by atoms with Crippen molar-refractivity contribution in [1.29, 1.82) is 0 Å². The second-order valence-electron chi connectivity index (χ2n) is 3.74. The number of benzene rings is 1. The first-order valence-corrected chi connectivity index (χ1v) is 5.78. The summed E-state index contributed by atoms with van der Waals surface area (Å²) in [5.74, 6) is 0. The van der Waals surface area contributed by atoms with Crippen LogP contribution in [-0.4, -0.2) is 24.0 Å². The van der Waals surface area contributed by atoms with Crippen molar-refractivity contribution in [2.24, 2.45) is 5.73 Å². The normalized spacial score (nSPS) is 22.0. The Morgan fingerprint density at radius 1 is 1.43 bits per heavy atom. The molecule has 0 bridgehead atoms. The van der Waals surface area contributed by atoms with Crippen LogP contribution < -0.4 is 5.73 Å². The largest absolute Gasteiger partial charge is 0.329 e. The molecule has 1 aromatic carbocycles. The van der Waals surface area contributed by atoms with E-state index < -0.39 is 0 Å². The van der Waals surface area contributed by atoms with Crippen LogP contribution in [0, 0.1) is 0 Å². The maximum Gasteiger partial charge on any atom is 0.0248 e. The van der Waals surface area contributed by atoms with E-state index in [1.165, 1.54) is 23.0 Å². The van der Waals surface area contributed by atoms with Gasteiger partial charge in [-0.3, -0.25) is 4.90 Å². The fourth-order valence-corrected chi connectivity index (χ4v) is 2.22. The molecule has 2 N–H and O–H groups in total. The summed E-state index contributed by atoms with van der Waals surface area (Å²) >= 11 is 3.56. The zero-order valence-corrected chi connectivity index (χ0v) is 9.70. The van der Waals surface area contributed by atoms with Crippen LogP contribution in [0.15, 0.2) is 28.7 Å². The van der Waals surface area contributed by atoms with Gasteiger partial charge in [0.25, 0.3) is 0 Å². The van der Waals surface area contributed by atoms with Crippen molar-refractivity contribution >= 4 is 15.9 Å². The summed E-state index contributed by atoms with van der Waals surface area (Å²) in [6.07, 6.45) is 1.25. The first-order chi connectivity index (χ1) is 6.81. The topological polar surface area (TPSA) is 29.3 Å². The predicted molar refractivity (Wildman–Crippen MR) is 62.0 cm³/mol.